The summed E-state index contributed by atoms with van der Waals surface area (Å²) in [5.74, 6) is -0.130. The van der Waals surface area contributed by atoms with Crippen molar-refractivity contribution < 1.29 is 4.39 Å². The van der Waals surface area contributed by atoms with Crippen LogP contribution in [0.25, 0.3) is 0 Å². The minimum atomic E-state index is -0.130. The highest BCUT2D eigenvalue weighted by Gasteiger charge is 2.21. The van der Waals surface area contributed by atoms with Crippen LogP contribution in [0.5, 0.6) is 0 Å². The smallest absolute Gasteiger partial charge is 0.146 e. The maximum Gasteiger partial charge on any atom is 0.146 e. The van der Waals surface area contributed by atoms with Crippen molar-refractivity contribution in [2.45, 2.75) is 19.4 Å². The Balaban J connectivity index is 1.87. The lowest BCUT2D eigenvalue weighted by Crippen LogP contribution is -2.31. The van der Waals surface area contributed by atoms with Crippen LogP contribution in [0, 0.1) is 12.7 Å². The average Bonchev–Trinajstić information content (AvgIpc) is 2.76. The van der Waals surface area contributed by atoms with Crippen molar-refractivity contribution in [3.05, 3.63) is 65.5 Å². The van der Waals surface area contributed by atoms with Crippen molar-refractivity contribution in [3.8, 4) is 0 Å². The zero-order valence-corrected chi connectivity index (χ0v) is 12.3. The van der Waals surface area contributed by atoms with Gasteiger partial charge in [-0.2, -0.15) is 0 Å². The number of aryl methyl sites for hydroxylation is 1. The summed E-state index contributed by atoms with van der Waals surface area (Å²) in [5.41, 5.74) is 3.08. The molecule has 1 heterocycles. The minimum absolute atomic E-state index is 0.130. The summed E-state index contributed by atoms with van der Waals surface area (Å²) in [6.07, 6.45) is 1.02. The molecule has 1 saturated heterocycles. The van der Waals surface area contributed by atoms with Gasteiger partial charge in [0.2, 0.25) is 0 Å². The van der Waals surface area contributed by atoms with Gasteiger partial charge < -0.3 is 10.2 Å². The summed E-state index contributed by atoms with van der Waals surface area (Å²) in [6.45, 7) is 4.65. The molecule has 1 aliphatic rings. The van der Waals surface area contributed by atoms with Crippen LogP contribution in [0.4, 0.5) is 10.1 Å². The molecule has 1 N–H and O–H groups in total. The molecule has 2 nitrogen and oxygen atoms in total. The van der Waals surface area contributed by atoms with E-state index in [-0.39, 0.29) is 11.9 Å². The van der Waals surface area contributed by atoms with Gasteiger partial charge in [-0.25, -0.2) is 4.39 Å². The summed E-state index contributed by atoms with van der Waals surface area (Å²) in [4.78, 5) is 2.17. The Hall–Kier alpha value is -1.87. The lowest BCUT2D eigenvalue weighted by Gasteiger charge is -2.27. The van der Waals surface area contributed by atoms with Gasteiger partial charge in [0.1, 0.15) is 5.82 Å². The fourth-order valence-corrected chi connectivity index (χ4v) is 2.91. The molecule has 0 saturated carbocycles. The third kappa shape index (κ3) is 3.24. The second-order valence-corrected chi connectivity index (χ2v) is 5.67. The Morgan fingerprint density at radius 1 is 1.14 bits per heavy atom. The second kappa shape index (κ2) is 6.27. The highest BCUT2D eigenvalue weighted by atomic mass is 19.1. The highest BCUT2D eigenvalue weighted by Crippen LogP contribution is 2.25. The molecule has 110 valence electrons. The molecule has 3 heteroatoms. The molecule has 3 rings (SSSR count). The van der Waals surface area contributed by atoms with Gasteiger partial charge in [-0.15, -0.1) is 0 Å². The van der Waals surface area contributed by atoms with E-state index in [9.17, 15) is 4.39 Å². The van der Waals surface area contributed by atoms with Crippen LogP contribution in [0.1, 0.15) is 23.6 Å². The Labute approximate surface area is 125 Å². The van der Waals surface area contributed by atoms with Crippen LogP contribution in [-0.2, 0) is 0 Å². The summed E-state index contributed by atoms with van der Waals surface area (Å²) >= 11 is 0. The van der Waals surface area contributed by atoms with Crippen LogP contribution >= 0.6 is 0 Å². The fraction of sp³-hybridized carbons (Fsp3) is 0.333. The number of nitrogens with zero attached hydrogens (tertiary/aromatic N) is 1. The Morgan fingerprint density at radius 3 is 2.76 bits per heavy atom. The molecular formula is C18H21FN2. The first-order valence-corrected chi connectivity index (χ1v) is 7.53. The quantitative estimate of drug-likeness (QED) is 0.905. The van der Waals surface area contributed by atoms with E-state index in [0.29, 0.717) is 0 Å². The zero-order chi connectivity index (χ0) is 14.7. The normalized spacial score (nSPS) is 19.3. The first kappa shape index (κ1) is 14.1. The predicted octanol–water partition coefficient (Wildman–Crippen LogP) is 3.68. The molecule has 0 amide bonds. The largest absolute Gasteiger partial charge is 0.367 e. The molecule has 0 aliphatic carbocycles. The van der Waals surface area contributed by atoms with E-state index in [1.54, 1.807) is 6.07 Å². The van der Waals surface area contributed by atoms with Gasteiger partial charge >= 0.3 is 0 Å². The molecule has 0 bridgehead atoms. The monoisotopic (exact) mass is 284 g/mol. The van der Waals surface area contributed by atoms with Crippen molar-refractivity contribution in [1.82, 2.24) is 5.32 Å². The number of benzene rings is 2. The van der Waals surface area contributed by atoms with Crippen LogP contribution in [0.2, 0.25) is 0 Å². The lowest BCUT2D eigenvalue weighted by molar-refractivity contribution is 0.564. The lowest BCUT2D eigenvalue weighted by atomic mass is 10.1. The second-order valence-electron chi connectivity index (χ2n) is 5.67. The van der Waals surface area contributed by atoms with E-state index in [1.807, 2.05) is 25.1 Å². The van der Waals surface area contributed by atoms with E-state index in [2.05, 4.69) is 34.5 Å². The highest BCUT2D eigenvalue weighted by molar-refractivity contribution is 5.50. The van der Waals surface area contributed by atoms with Crippen LogP contribution < -0.4 is 10.2 Å². The molecule has 0 aromatic heterocycles. The number of hydrogen-bond donors (Lipinski definition) is 1. The van der Waals surface area contributed by atoms with Crippen molar-refractivity contribution in [2.24, 2.45) is 0 Å². The molecular weight excluding hydrogens is 263 g/mol. The first-order valence-electron chi connectivity index (χ1n) is 7.53. The molecule has 2 aromatic rings. The maximum atomic E-state index is 14.2. The van der Waals surface area contributed by atoms with Crippen molar-refractivity contribution in [2.75, 3.05) is 24.5 Å². The number of anilines is 1. The molecule has 1 unspecified atom stereocenters. The van der Waals surface area contributed by atoms with Gasteiger partial charge in [0.25, 0.3) is 0 Å². The molecule has 0 radical (unpaired) electrons. The van der Waals surface area contributed by atoms with Gasteiger partial charge in [0.05, 0.1) is 5.69 Å². The SMILES string of the molecule is Cc1ccc(F)c(N2CCCNC(c3ccccc3)C2)c1. The van der Waals surface area contributed by atoms with E-state index < -0.39 is 0 Å². The van der Waals surface area contributed by atoms with Gasteiger partial charge in [-0.05, 0) is 43.1 Å². The summed E-state index contributed by atoms with van der Waals surface area (Å²) in [5, 5.41) is 3.57. The van der Waals surface area contributed by atoms with E-state index >= 15 is 0 Å². The van der Waals surface area contributed by atoms with E-state index in [4.69, 9.17) is 0 Å². The third-order valence-electron chi connectivity index (χ3n) is 4.04. The Bertz CT molecular complexity index is 597. The number of halogens is 1. The number of nitrogens with one attached hydrogen (secondary N) is 1. The molecule has 1 fully saturated rings. The van der Waals surface area contributed by atoms with Crippen molar-refractivity contribution in [3.63, 3.8) is 0 Å². The Kier molecular flexibility index (Phi) is 4.20. The number of rotatable bonds is 2. The zero-order valence-electron chi connectivity index (χ0n) is 12.3. The van der Waals surface area contributed by atoms with Gasteiger partial charge in [0.15, 0.2) is 0 Å². The molecule has 1 aliphatic heterocycles. The van der Waals surface area contributed by atoms with Crippen LogP contribution in [0.3, 0.4) is 0 Å². The first-order chi connectivity index (χ1) is 10.2. The summed E-state index contributed by atoms with van der Waals surface area (Å²) in [7, 11) is 0. The predicted molar refractivity (Wildman–Crippen MR) is 85.2 cm³/mol. The standard InChI is InChI=1S/C18H21FN2/c1-14-8-9-16(19)18(12-14)21-11-5-10-20-17(13-21)15-6-3-2-4-7-15/h2-4,6-9,12,17,20H,5,10-11,13H2,1H3. The summed E-state index contributed by atoms with van der Waals surface area (Å²) in [6, 6.07) is 16.0. The summed E-state index contributed by atoms with van der Waals surface area (Å²) < 4.78 is 14.2. The topological polar surface area (TPSA) is 15.3 Å². The maximum absolute atomic E-state index is 14.2. The fourth-order valence-electron chi connectivity index (χ4n) is 2.91. The van der Waals surface area contributed by atoms with E-state index in [0.717, 1.165) is 37.3 Å². The minimum Gasteiger partial charge on any atom is -0.367 e. The van der Waals surface area contributed by atoms with Crippen LogP contribution in [-0.4, -0.2) is 19.6 Å². The van der Waals surface area contributed by atoms with Gasteiger partial charge in [0, 0.05) is 19.1 Å². The van der Waals surface area contributed by atoms with Crippen molar-refractivity contribution >= 4 is 5.69 Å². The molecule has 2 aromatic carbocycles. The Morgan fingerprint density at radius 2 is 1.95 bits per heavy atom. The third-order valence-corrected chi connectivity index (χ3v) is 4.04. The van der Waals surface area contributed by atoms with Crippen LogP contribution in [0.15, 0.2) is 48.5 Å². The average molecular weight is 284 g/mol. The van der Waals surface area contributed by atoms with Gasteiger partial charge in [-0.3, -0.25) is 0 Å². The van der Waals surface area contributed by atoms with E-state index in [1.165, 1.54) is 5.56 Å². The van der Waals surface area contributed by atoms with Crippen molar-refractivity contribution in [1.29, 1.82) is 0 Å². The molecule has 0 spiro atoms. The molecule has 1 atom stereocenters. The molecule has 21 heavy (non-hydrogen) atoms. The van der Waals surface area contributed by atoms with Gasteiger partial charge in [-0.1, -0.05) is 36.4 Å². The number of hydrogen-bond acceptors (Lipinski definition) is 2.